The molecule has 1 heterocycles. The lowest BCUT2D eigenvalue weighted by atomic mass is 9.84. The SMILES string of the molecule is CC(C)(C)C(O)c1cccc2c1OCCO2. The molecule has 0 bridgehead atoms. The average Bonchev–Trinajstić information content (AvgIpc) is 2.26. The number of para-hydroxylation sites is 1. The maximum Gasteiger partial charge on any atom is 0.167 e. The van der Waals surface area contributed by atoms with Gasteiger partial charge in [0.15, 0.2) is 11.5 Å². The van der Waals surface area contributed by atoms with Gasteiger partial charge in [0.05, 0.1) is 6.10 Å². The molecule has 0 aromatic heterocycles. The molecular weight excluding hydrogens is 204 g/mol. The van der Waals surface area contributed by atoms with Crippen molar-refractivity contribution in [3.63, 3.8) is 0 Å². The standard InChI is InChI=1S/C13H18O3/c1-13(2,3)12(14)9-5-4-6-10-11(9)16-8-7-15-10/h4-6,12,14H,7-8H2,1-3H3. The van der Waals surface area contributed by atoms with Crippen molar-refractivity contribution in [3.8, 4) is 11.5 Å². The minimum atomic E-state index is -0.552. The van der Waals surface area contributed by atoms with Gasteiger partial charge >= 0.3 is 0 Å². The first-order chi connectivity index (χ1) is 7.50. The Hall–Kier alpha value is -1.22. The van der Waals surface area contributed by atoms with E-state index >= 15 is 0 Å². The average molecular weight is 222 g/mol. The van der Waals surface area contributed by atoms with Crippen molar-refractivity contribution >= 4 is 0 Å². The maximum absolute atomic E-state index is 10.3. The van der Waals surface area contributed by atoms with E-state index in [1.807, 2.05) is 39.0 Å². The van der Waals surface area contributed by atoms with Crippen molar-refractivity contribution < 1.29 is 14.6 Å². The van der Waals surface area contributed by atoms with Gasteiger partial charge in [-0.2, -0.15) is 0 Å². The molecule has 2 rings (SSSR count). The zero-order valence-electron chi connectivity index (χ0n) is 9.99. The lowest BCUT2D eigenvalue weighted by Crippen LogP contribution is -2.22. The molecule has 88 valence electrons. The first-order valence-electron chi connectivity index (χ1n) is 5.57. The molecular formula is C13H18O3. The second kappa shape index (κ2) is 3.98. The highest BCUT2D eigenvalue weighted by atomic mass is 16.6. The van der Waals surface area contributed by atoms with Gasteiger partial charge in [-0.3, -0.25) is 0 Å². The Morgan fingerprint density at radius 1 is 1.19 bits per heavy atom. The van der Waals surface area contributed by atoms with Gasteiger partial charge in [-0.1, -0.05) is 32.9 Å². The molecule has 1 atom stereocenters. The van der Waals surface area contributed by atoms with Crippen LogP contribution in [0, 0.1) is 5.41 Å². The number of aliphatic hydroxyl groups is 1. The topological polar surface area (TPSA) is 38.7 Å². The van der Waals surface area contributed by atoms with Crippen LogP contribution < -0.4 is 9.47 Å². The van der Waals surface area contributed by atoms with Crippen LogP contribution >= 0.6 is 0 Å². The van der Waals surface area contributed by atoms with Gasteiger partial charge < -0.3 is 14.6 Å². The largest absolute Gasteiger partial charge is 0.486 e. The summed E-state index contributed by atoms with van der Waals surface area (Å²) in [4.78, 5) is 0. The lowest BCUT2D eigenvalue weighted by molar-refractivity contribution is 0.0568. The van der Waals surface area contributed by atoms with Gasteiger partial charge in [0.1, 0.15) is 13.2 Å². The molecule has 0 amide bonds. The fourth-order valence-electron chi connectivity index (χ4n) is 1.78. The van der Waals surface area contributed by atoms with Crippen LogP contribution in [-0.4, -0.2) is 18.3 Å². The lowest BCUT2D eigenvalue weighted by Gasteiger charge is -2.29. The van der Waals surface area contributed by atoms with Crippen molar-refractivity contribution in [3.05, 3.63) is 23.8 Å². The molecule has 0 radical (unpaired) electrons. The monoisotopic (exact) mass is 222 g/mol. The molecule has 3 heteroatoms. The van der Waals surface area contributed by atoms with Gasteiger partial charge in [-0.25, -0.2) is 0 Å². The van der Waals surface area contributed by atoms with Crippen molar-refractivity contribution in [1.29, 1.82) is 0 Å². The van der Waals surface area contributed by atoms with Gasteiger partial charge in [0.2, 0.25) is 0 Å². The Labute approximate surface area is 96.0 Å². The van der Waals surface area contributed by atoms with Gasteiger partial charge in [0, 0.05) is 5.56 Å². The van der Waals surface area contributed by atoms with E-state index in [0.29, 0.717) is 19.0 Å². The molecule has 0 fully saturated rings. The number of rotatable bonds is 1. The van der Waals surface area contributed by atoms with Crippen molar-refractivity contribution in [1.82, 2.24) is 0 Å². The molecule has 0 saturated carbocycles. The number of benzene rings is 1. The van der Waals surface area contributed by atoms with E-state index in [1.165, 1.54) is 0 Å². The Morgan fingerprint density at radius 3 is 2.56 bits per heavy atom. The zero-order chi connectivity index (χ0) is 11.8. The molecule has 1 unspecified atom stereocenters. The molecule has 1 N–H and O–H groups in total. The number of ether oxygens (including phenoxy) is 2. The van der Waals surface area contributed by atoms with E-state index in [1.54, 1.807) is 0 Å². The van der Waals surface area contributed by atoms with E-state index in [-0.39, 0.29) is 5.41 Å². The quantitative estimate of drug-likeness (QED) is 0.793. The van der Waals surface area contributed by atoms with E-state index in [0.717, 1.165) is 11.3 Å². The van der Waals surface area contributed by atoms with Gasteiger partial charge in [-0.05, 0) is 11.5 Å². The van der Waals surface area contributed by atoms with Crippen molar-refractivity contribution in [2.75, 3.05) is 13.2 Å². The molecule has 1 aliphatic heterocycles. The van der Waals surface area contributed by atoms with Crippen LogP contribution in [0.15, 0.2) is 18.2 Å². The summed E-state index contributed by atoms with van der Waals surface area (Å²) in [5.41, 5.74) is 0.598. The smallest absolute Gasteiger partial charge is 0.167 e. The minimum Gasteiger partial charge on any atom is -0.486 e. The summed E-state index contributed by atoms with van der Waals surface area (Å²) in [7, 11) is 0. The Morgan fingerprint density at radius 2 is 1.88 bits per heavy atom. The maximum atomic E-state index is 10.3. The first-order valence-corrected chi connectivity index (χ1v) is 5.57. The third kappa shape index (κ3) is 2.00. The predicted molar refractivity (Wildman–Crippen MR) is 61.8 cm³/mol. The number of hydrogen-bond acceptors (Lipinski definition) is 3. The first kappa shape index (κ1) is 11.3. The highest BCUT2D eigenvalue weighted by Gasteiger charge is 2.29. The van der Waals surface area contributed by atoms with E-state index in [9.17, 15) is 5.11 Å². The molecule has 3 nitrogen and oxygen atoms in total. The van der Waals surface area contributed by atoms with E-state index in [2.05, 4.69) is 0 Å². The summed E-state index contributed by atoms with van der Waals surface area (Å²) in [5, 5.41) is 10.3. The highest BCUT2D eigenvalue weighted by molar-refractivity contribution is 5.48. The molecule has 0 spiro atoms. The van der Waals surface area contributed by atoms with Crippen LogP contribution in [0.4, 0.5) is 0 Å². The summed E-state index contributed by atoms with van der Waals surface area (Å²) in [6, 6.07) is 5.65. The number of aliphatic hydroxyl groups excluding tert-OH is 1. The van der Waals surface area contributed by atoms with Crippen LogP contribution in [0.1, 0.15) is 32.4 Å². The van der Waals surface area contributed by atoms with E-state index in [4.69, 9.17) is 9.47 Å². The van der Waals surface area contributed by atoms with Crippen LogP contribution in [0.3, 0.4) is 0 Å². The molecule has 16 heavy (non-hydrogen) atoms. The summed E-state index contributed by atoms with van der Waals surface area (Å²) >= 11 is 0. The summed E-state index contributed by atoms with van der Waals surface area (Å²) < 4.78 is 11.1. The third-order valence-electron chi connectivity index (χ3n) is 2.71. The van der Waals surface area contributed by atoms with Gasteiger partial charge in [-0.15, -0.1) is 0 Å². The Kier molecular flexibility index (Phi) is 2.80. The van der Waals surface area contributed by atoms with E-state index < -0.39 is 6.10 Å². The van der Waals surface area contributed by atoms with Crippen LogP contribution in [-0.2, 0) is 0 Å². The number of hydrogen-bond donors (Lipinski definition) is 1. The minimum absolute atomic E-state index is 0.212. The molecule has 1 aromatic carbocycles. The summed E-state index contributed by atoms with van der Waals surface area (Å²) in [6.07, 6.45) is -0.552. The van der Waals surface area contributed by atoms with Crippen molar-refractivity contribution in [2.45, 2.75) is 26.9 Å². The second-order valence-electron chi connectivity index (χ2n) is 5.14. The molecule has 0 saturated heterocycles. The zero-order valence-corrected chi connectivity index (χ0v) is 9.99. The predicted octanol–water partition coefficient (Wildman–Crippen LogP) is 2.54. The van der Waals surface area contributed by atoms with Gasteiger partial charge in [0.25, 0.3) is 0 Å². The Bertz CT molecular complexity index is 379. The highest BCUT2D eigenvalue weighted by Crippen LogP contribution is 2.42. The Balaban J connectivity index is 2.41. The normalized spacial score (nSPS) is 17.0. The third-order valence-corrected chi connectivity index (χ3v) is 2.71. The van der Waals surface area contributed by atoms with Crippen LogP contribution in [0.2, 0.25) is 0 Å². The second-order valence-corrected chi connectivity index (χ2v) is 5.14. The van der Waals surface area contributed by atoms with Crippen molar-refractivity contribution in [2.24, 2.45) is 5.41 Å². The summed E-state index contributed by atoms with van der Waals surface area (Å²) in [5.74, 6) is 1.42. The summed E-state index contributed by atoms with van der Waals surface area (Å²) in [6.45, 7) is 7.12. The fraction of sp³-hybridized carbons (Fsp3) is 0.538. The molecule has 1 aromatic rings. The van der Waals surface area contributed by atoms with Crippen LogP contribution in [0.5, 0.6) is 11.5 Å². The molecule has 1 aliphatic rings. The molecule has 0 aliphatic carbocycles. The fourth-order valence-corrected chi connectivity index (χ4v) is 1.78. The van der Waals surface area contributed by atoms with Crippen LogP contribution in [0.25, 0.3) is 0 Å². The number of fused-ring (bicyclic) bond motifs is 1.